The second kappa shape index (κ2) is 36.9. The summed E-state index contributed by atoms with van der Waals surface area (Å²) < 4.78 is 37.7. The summed E-state index contributed by atoms with van der Waals surface area (Å²) in [5, 5.41) is 77.5. The largest absolute Gasteiger partial charge is 0.513 e. The fourth-order valence-electron chi connectivity index (χ4n) is 6.27. The molecule has 0 amide bonds. The number of aryl methyl sites for hydroxylation is 2. The number of hydrogen-bond acceptors (Lipinski definition) is 29. The van der Waals surface area contributed by atoms with E-state index < -0.39 is 0 Å². The lowest BCUT2D eigenvalue weighted by atomic mass is 10.1. The molecule has 0 aliphatic rings. The Bertz CT molecular complexity index is 3650. The van der Waals surface area contributed by atoms with Crippen LogP contribution in [-0.4, -0.2) is 123 Å². The standard InChI is InChI=1S/C13H14N2O3S.C13H14N2O2S.2C11H11N3O2S.C11H12N2O3S/c1-9(16)6-7-19-13-15-14-12(18-13)10-4-3-5-11(8-10)17-2;1-9-3-5-11(6-4-9)12-14-15-13(17-12)18-8-7-10(2)16;1-8(15)4-7-17-11-14-13-10(16-11)9-2-5-12-6-3-9;1-8(15)4-6-17-11-14-13-10(16-11)9-3-2-5-12-7-9;1-7(14)4-6-17-11-13-12-10(16-11)9-3-5-15-8(9)2/h3-5,8H,6-7H2,1-2H3;3-6,16H,2,7-8H2,1H3;2-3,5-6,15H,1,4,7H2;2-3,5,7,15H,1,4,6H2;3,5,14H,1,4,6H2,2H3. The molecule has 29 heteroatoms. The summed E-state index contributed by atoms with van der Waals surface area (Å²) >= 11 is 6.94. The Morgan fingerprint density at radius 1 is 0.466 bits per heavy atom. The maximum absolute atomic E-state index is 10.8. The molecular weight excluding hydrogens is 1230 g/mol. The van der Waals surface area contributed by atoms with Crippen molar-refractivity contribution in [3.8, 4) is 63.0 Å². The second-order valence-corrected chi connectivity index (χ2v) is 23.0. The van der Waals surface area contributed by atoms with Crippen molar-refractivity contribution in [2.75, 3.05) is 35.9 Å². The van der Waals surface area contributed by atoms with E-state index in [0.29, 0.717) is 116 Å². The van der Waals surface area contributed by atoms with Gasteiger partial charge in [0.15, 0.2) is 0 Å². The number of aliphatic hydroxyl groups excluding tert-OH is 4. The number of thioether (sulfide) groups is 5. The first-order valence-electron chi connectivity index (χ1n) is 26.4. The molecule has 2 aromatic carbocycles. The van der Waals surface area contributed by atoms with Crippen LogP contribution in [0, 0.1) is 13.8 Å². The topological polar surface area (TPSA) is 341 Å². The second-order valence-electron chi connectivity index (χ2n) is 17.8. The van der Waals surface area contributed by atoms with E-state index in [1.807, 2.05) is 74.5 Å². The Kier molecular flexibility index (Phi) is 28.6. The molecular formula is C59H62N12O12S5. The Morgan fingerprint density at radius 2 is 0.875 bits per heavy atom. The number of carbonyl (C=O) groups excluding carboxylic acids is 1. The SMILES string of the molecule is C=C(O)CCSc1nnc(-c2ccc(C)cc2)o1.C=C(O)CCSc1nnc(-c2cccnc2)o1.C=C(O)CCSc1nnc(-c2ccncc2)o1.C=C(O)CCSc1nnc(-c2ccoc2C)o1.COc1cccc(-c2nnc(SCCC(C)=O)o2)c1. The van der Waals surface area contributed by atoms with Gasteiger partial charge in [0.05, 0.1) is 47.5 Å². The molecule has 0 saturated carbocycles. The molecule has 88 heavy (non-hydrogen) atoms. The van der Waals surface area contributed by atoms with Gasteiger partial charge in [-0.25, -0.2) is 0 Å². The first-order chi connectivity index (χ1) is 42.5. The van der Waals surface area contributed by atoms with Crippen molar-refractivity contribution in [2.24, 2.45) is 0 Å². The molecule has 460 valence electrons. The number of Topliss-reactive ketones (excluding diaryl/α,β-unsaturated/α-hetero) is 1. The van der Waals surface area contributed by atoms with Gasteiger partial charge in [-0.3, -0.25) is 14.8 Å². The summed E-state index contributed by atoms with van der Waals surface area (Å²) in [5.41, 5.74) is 5.34. The van der Waals surface area contributed by atoms with E-state index in [1.54, 1.807) is 63.3 Å². The number of hydrogen-bond donors (Lipinski definition) is 4. The monoisotopic (exact) mass is 1290 g/mol. The smallest absolute Gasteiger partial charge is 0.276 e. The van der Waals surface area contributed by atoms with Crippen molar-refractivity contribution in [1.82, 2.24) is 61.0 Å². The van der Waals surface area contributed by atoms with Crippen molar-refractivity contribution in [2.45, 2.75) is 79.0 Å². The van der Waals surface area contributed by atoms with Crippen LogP contribution in [0.15, 0.2) is 212 Å². The molecule has 0 saturated heterocycles. The first-order valence-corrected chi connectivity index (χ1v) is 31.3. The Morgan fingerprint density at radius 3 is 1.28 bits per heavy atom. The zero-order valence-corrected chi connectivity index (χ0v) is 52.3. The molecule has 10 rings (SSSR count). The minimum absolute atomic E-state index is 0.153. The third kappa shape index (κ3) is 24.8. The molecule has 4 N–H and O–H groups in total. The molecule has 8 aromatic heterocycles. The van der Waals surface area contributed by atoms with Gasteiger partial charge in [0.25, 0.3) is 32.0 Å². The number of benzene rings is 2. The Hall–Kier alpha value is -8.90. The Balaban J connectivity index is 0.000000176. The van der Waals surface area contributed by atoms with Gasteiger partial charge in [-0.2, -0.15) is 0 Å². The van der Waals surface area contributed by atoms with E-state index in [4.69, 9.17) is 51.7 Å². The van der Waals surface area contributed by atoms with Gasteiger partial charge in [-0.05, 0) is 81.4 Å². The van der Waals surface area contributed by atoms with E-state index in [-0.39, 0.29) is 28.8 Å². The van der Waals surface area contributed by atoms with Gasteiger partial charge >= 0.3 is 0 Å². The van der Waals surface area contributed by atoms with Gasteiger partial charge in [-0.15, -0.1) is 51.0 Å². The van der Waals surface area contributed by atoms with Crippen molar-refractivity contribution in [1.29, 1.82) is 0 Å². The number of aromatic nitrogens is 12. The summed E-state index contributed by atoms with van der Waals surface area (Å²) in [7, 11) is 1.61. The number of rotatable bonds is 26. The number of furan rings is 1. The number of ketones is 1. The molecule has 0 fully saturated rings. The van der Waals surface area contributed by atoms with E-state index in [0.717, 1.165) is 39.3 Å². The van der Waals surface area contributed by atoms with E-state index in [9.17, 15) is 4.79 Å². The van der Waals surface area contributed by atoms with Crippen LogP contribution in [0.5, 0.6) is 5.75 Å². The third-order valence-electron chi connectivity index (χ3n) is 10.7. The molecule has 10 aromatic rings. The van der Waals surface area contributed by atoms with Crippen LogP contribution in [0.1, 0.15) is 50.4 Å². The highest BCUT2D eigenvalue weighted by Crippen LogP contribution is 2.30. The predicted molar refractivity (Wildman–Crippen MR) is 337 cm³/mol. The van der Waals surface area contributed by atoms with E-state index in [2.05, 4.69) is 87.3 Å². The van der Waals surface area contributed by atoms with Crippen molar-refractivity contribution < 1.29 is 56.5 Å². The molecule has 0 unspecified atom stereocenters. The van der Waals surface area contributed by atoms with Crippen LogP contribution < -0.4 is 4.74 Å². The number of allylic oxidation sites excluding steroid dienone is 4. The molecule has 0 aliphatic heterocycles. The van der Waals surface area contributed by atoms with Gasteiger partial charge in [0, 0.05) is 102 Å². The fourth-order valence-corrected chi connectivity index (χ4v) is 10.1. The van der Waals surface area contributed by atoms with Crippen LogP contribution in [0.25, 0.3) is 57.3 Å². The van der Waals surface area contributed by atoms with Crippen LogP contribution in [0.2, 0.25) is 0 Å². The van der Waals surface area contributed by atoms with Crippen LogP contribution in [-0.2, 0) is 4.79 Å². The highest BCUT2D eigenvalue weighted by Gasteiger charge is 2.15. The van der Waals surface area contributed by atoms with Gasteiger partial charge in [0.1, 0.15) is 17.3 Å². The number of ether oxygens (including phenoxy) is 1. The average molecular weight is 1290 g/mol. The molecule has 8 heterocycles. The van der Waals surface area contributed by atoms with Crippen molar-refractivity contribution in [3.05, 3.63) is 171 Å². The molecule has 0 aliphatic carbocycles. The summed E-state index contributed by atoms with van der Waals surface area (Å²) in [5.74, 6) is 7.89. The van der Waals surface area contributed by atoms with Gasteiger partial charge in [0.2, 0.25) is 23.6 Å². The summed E-state index contributed by atoms with van der Waals surface area (Å²) in [4.78, 5) is 18.7. The maximum Gasteiger partial charge on any atom is 0.276 e. The predicted octanol–water partition coefficient (Wildman–Crippen LogP) is 15.0. The van der Waals surface area contributed by atoms with Gasteiger partial charge in [-0.1, -0.05) is 109 Å². The first kappa shape index (κ1) is 68.2. The van der Waals surface area contributed by atoms with E-state index in [1.165, 1.54) is 64.4 Å². The zero-order valence-electron chi connectivity index (χ0n) is 48.3. The van der Waals surface area contributed by atoms with Crippen molar-refractivity contribution >= 4 is 64.6 Å². The number of methoxy groups -OCH3 is 1. The van der Waals surface area contributed by atoms with Crippen LogP contribution in [0.4, 0.5) is 0 Å². The highest BCUT2D eigenvalue weighted by molar-refractivity contribution is 7.99. The fraction of sp³-hybridized carbons (Fsp3) is 0.237. The van der Waals surface area contributed by atoms with Crippen molar-refractivity contribution in [3.63, 3.8) is 0 Å². The highest BCUT2D eigenvalue weighted by atomic mass is 32.2. The zero-order chi connectivity index (χ0) is 63.0. The normalized spacial score (nSPS) is 10.5. The summed E-state index contributed by atoms with van der Waals surface area (Å²) in [6.07, 6.45) is 10.8. The minimum atomic E-state index is 0.153. The lowest BCUT2D eigenvalue weighted by Gasteiger charge is -2.00. The minimum Gasteiger partial charge on any atom is -0.513 e. The average Bonchev–Trinajstić information content (AvgIpc) is 4.57. The van der Waals surface area contributed by atoms with Gasteiger partial charge < -0.3 is 51.7 Å². The molecule has 24 nitrogen and oxygen atoms in total. The quantitative estimate of drug-likeness (QED) is 0.0289. The Labute approximate surface area is 527 Å². The lowest BCUT2D eigenvalue weighted by molar-refractivity contribution is -0.116. The maximum atomic E-state index is 10.8. The van der Waals surface area contributed by atoms with E-state index >= 15 is 0 Å². The van der Waals surface area contributed by atoms with Crippen LogP contribution in [0.3, 0.4) is 0 Å². The number of nitrogens with zero attached hydrogens (tertiary/aromatic N) is 12. The number of pyridine rings is 2. The molecule has 0 spiro atoms. The van der Waals surface area contributed by atoms with Crippen LogP contribution >= 0.6 is 58.8 Å². The summed E-state index contributed by atoms with van der Waals surface area (Å²) in [6, 6.07) is 24.4. The number of aliphatic hydroxyl groups is 4. The third-order valence-corrected chi connectivity index (χ3v) is 14.8. The molecule has 0 radical (unpaired) electrons. The summed E-state index contributed by atoms with van der Waals surface area (Å²) in [6.45, 7) is 19.1. The molecule has 0 atom stereocenters. The lowest BCUT2D eigenvalue weighted by Crippen LogP contribution is -1.91. The molecule has 0 bridgehead atoms. The number of carbonyl (C=O) groups is 1.